The minimum atomic E-state index is -0.439. The summed E-state index contributed by atoms with van der Waals surface area (Å²) in [5, 5.41) is 7.55. The van der Waals surface area contributed by atoms with Gasteiger partial charge in [0.2, 0.25) is 0 Å². The fraction of sp³-hybridized carbons (Fsp3) is 0.727. The lowest BCUT2D eigenvalue weighted by molar-refractivity contribution is 0.0289. The third-order valence-corrected chi connectivity index (χ3v) is 2.67. The molecule has 17 heavy (non-hydrogen) atoms. The van der Waals surface area contributed by atoms with E-state index in [-0.39, 0.29) is 12.1 Å². The molecule has 0 radical (unpaired) electrons. The van der Waals surface area contributed by atoms with Crippen LogP contribution in [-0.4, -0.2) is 44.4 Å². The van der Waals surface area contributed by atoms with Crippen molar-refractivity contribution in [3.63, 3.8) is 0 Å². The fourth-order valence-electron chi connectivity index (χ4n) is 1.87. The quantitative estimate of drug-likeness (QED) is 0.743. The van der Waals surface area contributed by atoms with Crippen LogP contribution in [0, 0.1) is 0 Å². The Kier molecular flexibility index (Phi) is 3.04. The number of nitrogens with zero attached hydrogens (tertiary/aromatic N) is 4. The van der Waals surface area contributed by atoms with Crippen molar-refractivity contribution in [1.82, 2.24) is 19.7 Å². The average Bonchev–Trinajstić information content (AvgIpc) is 2.86. The second-order valence-corrected chi connectivity index (χ2v) is 5.28. The maximum Gasteiger partial charge on any atom is 0.410 e. The summed E-state index contributed by atoms with van der Waals surface area (Å²) in [7, 11) is 0. The van der Waals surface area contributed by atoms with Crippen molar-refractivity contribution in [3.05, 3.63) is 12.7 Å². The van der Waals surface area contributed by atoms with Crippen LogP contribution in [-0.2, 0) is 4.74 Å². The van der Waals surface area contributed by atoms with Crippen molar-refractivity contribution in [2.75, 3.05) is 13.1 Å². The summed E-state index contributed by atoms with van der Waals surface area (Å²) < 4.78 is 7.27. The van der Waals surface area contributed by atoms with Crippen LogP contribution in [0.2, 0.25) is 0 Å². The van der Waals surface area contributed by atoms with E-state index in [2.05, 4.69) is 10.2 Å². The maximum atomic E-state index is 11.8. The molecule has 0 aromatic carbocycles. The molecular formula is C11H18N4O2. The van der Waals surface area contributed by atoms with Crippen molar-refractivity contribution in [2.45, 2.75) is 38.8 Å². The Morgan fingerprint density at radius 2 is 2.00 bits per heavy atom. The van der Waals surface area contributed by atoms with Gasteiger partial charge in [-0.2, -0.15) is 0 Å². The standard InChI is InChI=1S/C11H18N4O2/c1-11(2,3)17-10(16)14-5-4-9(6-14)15-7-12-13-8-15/h7-9H,4-6H2,1-3H3/t9-/m1/s1. The van der Waals surface area contributed by atoms with Gasteiger partial charge in [-0.05, 0) is 27.2 Å². The molecular weight excluding hydrogens is 220 g/mol. The SMILES string of the molecule is CC(C)(C)OC(=O)N1CC[C@@H](n2cnnc2)C1. The van der Waals surface area contributed by atoms with Crippen molar-refractivity contribution in [1.29, 1.82) is 0 Å². The first-order valence-corrected chi connectivity index (χ1v) is 5.78. The highest BCUT2D eigenvalue weighted by Crippen LogP contribution is 2.22. The molecule has 1 atom stereocenters. The normalized spacial score (nSPS) is 20.6. The van der Waals surface area contributed by atoms with E-state index >= 15 is 0 Å². The molecule has 0 N–H and O–H groups in total. The van der Waals surface area contributed by atoms with Gasteiger partial charge in [-0.3, -0.25) is 0 Å². The van der Waals surface area contributed by atoms with E-state index in [1.165, 1.54) is 0 Å². The Bertz CT molecular complexity index is 383. The zero-order chi connectivity index (χ0) is 12.5. The van der Waals surface area contributed by atoms with Crippen LogP contribution in [0.1, 0.15) is 33.2 Å². The molecule has 0 aliphatic carbocycles. The molecule has 0 saturated carbocycles. The van der Waals surface area contributed by atoms with Crippen molar-refractivity contribution < 1.29 is 9.53 Å². The van der Waals surface area contributed by atoms with Crippen LogP contribution in [0.5, 0.6) is 0 Å². The highest BCUT2D eigenvalue weighted by molar-refractivity contribution is 5.68. The maximum absolute atomic E-state index is 11.8. The first-order chi connectivity index (χ1) is 7.96. The molecule has 94 valence electrons. The second kappa shape index (κ2) is 4.35. The Morgan fingerprint density at radius 1 is 1.35 bits per heavy atom. The zero-order valence-electron chi connectivity index (χ0n) is 10.5. The number of carbonyl (C=O) groups excluding carboxylic acids is 1. The van der Waals surface area contributed by atoms with Gasteiger partial charge >= 0.3 is 6.09 Å². The first kappa shape index (κ1) is 11.9. The number of amides is 1. The lowest BCUT2D eigenvalue weighted by Gasteiger charge is -2.24. The van der Waals surface area contributed by atoms with E-state index in [0.717, 1.165) is 13.0 Å². The molecule has 6 heteroatoms. The van der Waals surface area contributed by atoms with Crippen LogP contribution >= 0.6 is 0 Å². The lowest BCUT2D eigenvalue weighted by atomic mass is 10.2. The molecule has 1 fully saturated rings. The Labute approximate surface area is 101 Å². The largest absolute Gasteiger partial charge is 0.444 e. The number of hydrogen-bond acceptors (Lipinski definition) is 4. The minimum absolute atomic E-state index is 0.243. The Morgan fingerprint density at radius 3 is 2.59 bits per heavy atom. The molecule has 2 heterocycles. The van der Waals surface area contributed by atoms with Gasteiger partial charge in [0.25, 0.3) is 0 Å². The Hall–Kier alpha value is -1.59. The van der Waals surface area contributed by atoms with E-state index in [1.807, 2.05) is 25.3 Å². The van der Waals surface area contributed by atoms with Gasteiger partial charge in [-0.1, -0.05) is 0 Å². The zero-order valence-corrected chi connectivity index (χ0v) is 10.5. The summed E-state index contributed by atoms with van der Waals surface area (Å²) >= 11 is 0. The van der Waals surface area contributed by atoms with Crippen molar-refractivity contribution in [3.8, 4) is 0 Å². The minimum Gasteiger partial charge on any atom is -0.444 e. The summed E-state index contributed by atoms with van der Waals surface area (Å²) in [5.41, 5.74) is -0.439. The molecule has 1 aliphatic rings. The topological polar surface area (TPSA) is 60.2 Å². The van der Waals surface area contributed by atoms with E-state index in [1.54, 1.807) is 17.6 Å². The monoisotopic (exact) mass is 238 g/mol. The number of hydrogen-bond donors (Lipinski definition) is 0. The highest BCUT2D eigenvalue weighted by Gasteiger charge is 2.30. The molecule has 1 saturated heterocycles. The van der Waals surface area contributed by atoms with Crippen molar-refractivity contribution in [2.24, 2.45) is 0 Å². The number of aromatic nitrogens is 3. The van der Waals surface area contributed by atoms with Crippen LogP contribution < -0.4 is 0 Å². The average molecular weight is 238 g/mol. The van der Waals surface area contributed by atoms with E-state index in [4.69, 9.17) is 4.74 Å². The van der Waals surface area contributed by atoms with Gasteiger partial charge in [0.1, 0.15) is 18.3 Å². The number of rotatable bonds is 1. The third-order valence-electron chi connectivity index (χ3n) is 2.67. The third kappa shape index (κ3) is 2.95. The molecule has 1 aromatic heterocycles. The predicted octanol–water partition coefficient (Wildman–Crippen LogP) is 1.46. The molecule has 2 rings (SSSR count). The molecule has 1 aliphatic heterocycles. The fourth-order valence-corrected chi connectivity index (χ4v) is 1.87. The van der Waals surface area contributed by atoms with Gasteiger partial charge in [-0.15, -0.1) is 10.2 Å². The molecule has 0 unspecified atom stereocenters. The van der Waals surface area contributed by atoms with E-state index in [0.29, 0.717) is 6.54 Å². The van der Waals surface area contributed by atoms with Gasteiger partial charge < -0.3 is 14.2 Å². The first-order valence-electron chi connectivity index (χ1n) is 5.78. The van der Waals surface area contributed by atoms with Crippen LogP contribution in [0.4, 0.5) is 4.79 Å². The number of ether oxygens (including phenoxy) is 1. The van der Waals surface area contributed by atoms with Gasteiger partial charge in [0.15, 0.2) is 0 Å². The molecule has 0 spiro atoms. The second-order valence-electron chi connectivity index (χ2n) is 5.28. The lowest BCUT2D eigenvalue weighted by Crippen LogP contribution is -2.35. The molecule has 0 bridgehead atoms. The van der Waals surface area contributed by atoms with Crippen LogP contribution in [0.25, 0.3) is 0 Å². The van der Waals surface area contributed by atoms with Crippen molar-refractivity contribution >= 4 is 6.09 Å². The van der Waals surface area contributed by atoms with E-state index < -0.39 is 5.60 Å². The van der Waals surface area contributed by atoms with Gasteiger partial charge in [0.05, 0.1) is 6.04 Å². The van der Waals surface area contributed by atoms with Gasteiger partial charge in [0, 0.05) is 13.1 Å². The highest BCUT2D eigenvalue weighted by atomic mass is 16.6. The van der Waals surface area contributed by atoms with Gasteiger partial charge in [-0.25, -0.2) is 4.79 Å². The molecule has 6 nitrogen and oxygen atoms in total. The van der Waals surface area contributed by atoms with Crippen LogP contribution in [0.3, 0.4) is 0 Å². The van der Waals surface area contributed by atoms with Crippen LogP contribution in [0.15, 0.2) is 12.7 Å². The number of carbonyl (C=O) groups is 1. The summed E-state index contributed by atoms with van der Waals surface area (Å²) in [6.07, 6.45) is 4.04. The predicted molar refractivity (Wildman–Crippen MR) is 61.5 cm³/mol. The molecule has 1 aromatic rings. The smallest absolute Gasteiger partial charge is 0.410 e. The number of likely N-dealkylation sites (tertiary alicyclic amines) is 1. The summed E-state index contributed by atoms with van der Waals surface area (Å²) in [5.74, 6) is 0. The summed E-state index contributed by atoms with van der Waals surface area (Å²) in [6, 6.07) is 0.262. The van der Waals surface area contributed by atoms with E-state index in [9.17, 15) is 4.79 Å². The summed E-state index contributed by atoms with van der Waals surface area (Å²) in [4.78, 5) is 13.6. The summed E-state index contributed by atoms with van der Waals surface area (Å²) in [6.45, 7) is 7.00. The Balaban J connectivity index is 1.92. The molecule has 1 amide bonds.